The number of carboxylic acids is 1. The monoisotopic (exact) mass is 304 g/mol. The zero-order valence-electron chi connectivity index (χ0n) is 10.9. The lowest BCUT2D eigenvalue weighted by Crippen LogP contribution is -1.95. The van der Waals surface area contributed by atoms with Crippen molar-refractivity contribution >= 4 is 17.3 Å². The topological polar surface area (TPSA) is 156 Å². The fraction of sp³-hybridized carbons (Fsp3) is 0. The summed E-state index contributed by atoms with van der Waals surface area (Å²) >= 11 is 0. The molecule has 0 aliphatic heterocycles. The largest absolute Gasteiger partial charge is 0.508 e. The van der Waals surface area contributed by atoms with Crippen LogP contribution in [0.3, 0.4) is 0 Å². The maximum atomic E-state index is 10.4. The van der Waals surface area contributed by atoms with Crippen LogP contribution in [0, 0.1) is 10.1 Å². The summed E-state index contributed by atoms with van der Waals surface area (Å²) in [5.41, 5.74) is 8.07. The predicted molar refractivity (Wildman–Crippen MR) is 74.0 cm³/mol. The normalized spacial score (nSPS) is 9.27. The first-order valence-corrected chi connectivity index (χ1v) is 5.70. The summed E-state index contributed by atoms with van der Waals surface area (Å²) in [6.45, 7) is 0. The summed E-state index contributed by atoms with van der Waals surface area (Å²) in [5.74, 6) is -1.58. The zero-order valence-corrected chi connectivity index (χ0v) is 10.9. The van der Waals surface area contributed by atoms with Crippen LogP contribution in [0.2, 0.25) is 0 Å². The first kappa shape index (κ1) is 16.6. The fourth-order valence-electron chi connectivity index (χ4n) is 1.33. The number of nitro benzene ring substituents is 1. The van der Waals surface area contributed by atoms with E-state index in [4.69, 9.17) is 20.9 Å². The Morgan fingerprint density at radius 3 is 2.18 bits per heavy atom. The van der Waals surface area contributed by atoms with E-state index in [9.17, 15) is 14.9 Å². The van der Waals surface area contributed by atoms with Crippen LogP contribution in [-0.4, -0.2) is 26.2 Å². The average Bonchev–Trinajstić information content (AvgIpc) is 2.48. The lowest BCUT2D eigenvalue weighted by molar-refractivity contribution is -0.384. The Labute approximate surface area is 123 Å². The number of non-ortho nitro benzene ring substituents is 1. The quantitative estimate of drug-likeness (QED) is 0.448. The van der Waals surface area contributed by atoms with Crippen molar-refractivity contribution in [3.05, 3.63) is 58.1 Å². The molecule has 0 unspecified atom stereocenters. The molecule has 113 valence electrons. The molecule has 0 heterocycles. The van der Waals surface area contributed by atoms with Crippen LogP contribution < -0.4 is 5.53 Å². The number of phenolic OH excluding ortho intramolecular Hbond substituents is 1. The molecule has 9 nitrogen and oxygen atoms in total. The van der Waals surface area contributed by atoms with Crippen molar-refractivity contribution in [3.8, 4) is 11.5 Å². The Balaban J connectivity index is 0.000000224. The van der Waals surface area contributed by atoms with Gasteiger partial charge in [-0.25, -0.2) is 4.79 Å². The van der Waals surface area contributed by atoms with Crippen LogP contribution >= 0.6 is 0 Å². The Morgan fingerprint density at radius 2 is 1.73 bits per heavy atom. The summed E-state index contributed by atoms with van der Waals surface area (Å²) in [6, 6.07) is 8.55. The number of aromatic carboxylic acids is 1. The molecule has 0 atom stereocenters. The lowest BCUT2D eigenvalue weighted by Gasteiger charge is -1.98. The summed E-state index contributed by atoms with van der Waals surface area (Å²) < 4.78 is 0. The molecule has 2 aromatic rings. The Morgan fingerprint density at radius 1 is 1.14 bits per heavy atom. The molecule has 9 heteroatoms. The van der Waals surface area contributed by atoms with E-state index in [1.54, 1.807) is 0 Å². The third-order valence-electron chi connectivity index (χ3n) is 2.39. The van der Waals surface area contributed by atoms with E-state index in [0.717, 1.165) is 12.1 Å². The Hall–Kier alpha value is -3.49. The van der Waals surface area contributed by atoms with Gasteiger partial charge in [-0.1, -0.05) is 0 Å². The van der Waals surface area contributed by atoms with Gasteiger partial charge in [-0.3, -0.25) is 10.1 Å². The highest BCUT2D eigenvalue weighted by atomic mass is 16.6. The molecular formula is C13H10N3O6. The second-order valence-corrected chi connectivity index (χ2v) is 3.88. The lowest BCUT2D eigenvalue weighted by atomic mass is 10.2. The molecule has 0 aliphatic rings. The van der Waals surface area contributed by atoms with Crippen molar-refractivity contribution in [3.63, 3.8) is 0 Å². The van der Waals surface area contributed by atoms with Gasteiger partial charge in [0.2, 0.25) is 0 Å². The van der Waals surface area contributed by atoms with Crippen LogP contribution in [0.5, 0.6) is 11.5 Å². The molecule has 0 aromatic heterocycles. The number of carboxylic acid groups (broad SMARTS) is 1. The van der Waals surface area contributed by atoms with Gasteiger partial charge in [0.1, 0.15) is 17.1 Å². The average molecular weight is 304 g/mol. The molecule has 0 saturated heterocycles. The van der Waals surface area contributed by atoms with Crippen LogP contribution in [0.1, 0.15) is 10.4 Å². The fourth-order valence-corrected chi connectivity index (χ4v) is 1.33. The van der Waals surface area contributed by atoms with Crippen LogP contribution in [0.25, 0.3) is 0 Å². The number of nitrogens with zero attached hydrogens (tertiary/aromatic N) is 3. The minimum absolute atomic E-state index is 0.0159. The Bertz CT molecular complexity index is 699. The van der Waals surface area contributed by atoms with Gasteiger partial charge in [0.15, 0.2) is 0 Å². The van der Waals surface area contributed by atoms with Gasteiger partial charge < -0.3 is 15.3 Å². The molecule has 22 heavy (non-hydrogen) atoms. The molecule has 1 radical (unpaired) electrons. The van der Waals surface area contributed by atoms with E-state index in [-0.39, 0.29) is 28.4 Å². The van der Waals surface area contributed by atoms with E-state index in [1.807, 2.05) is 0 Å². The number of aromatic hydroxyl groups is 2. The molecule has 2 aromatic carbocycles. The van der Waals surface area contributed by atoms with Gasteiger partial charge in [-0.2, -0.15) is 0 Å². The van der Waals surface area contributed by atoms with Gasteiger partial charge in [0, 0.05) is 12.1 Å². The first-order chi connectivity index (χ1) is 10.3. The number of hydrogen-bond donors (Lipinski definition) is 3. The first-order valence-electron chi connectivity index (χ1n) is 5.70. The number of rotatable bonds is 3. The molecule has 2 rings (SSSR count). The summed E-state index contributed by atoms with van der Waals surface area (Å²) in [7, 11) is 0. The van der Waals surface area contributed by atoms with Crippen molar-refractivity contribution < 1.29 is 25.0 Å². The van der Waals surface area contributed by atoms with Crippen molar-refractivity contribution in [2.24, 2.45) is 5.11 Å². The van der Waals surface area contributed by atoms with E-state index in [0.29, 0.717) is 0 Å². The van der Waals surface area contributed by atoms with Crippen LogP contribution in [0.4, 0.5) is 11.4 Å². The molecular weight excluding hydrogens is 294 g/mol. The molecule has 0 spiro atoms. The van der Waals surface area contributed by atoms with Gasteiger partial charge in [0.25, 0.3) is 5.69 Å². The maximum absolute atomic E-state index is 10.4. The van der Waals surface area contributed by atoms with E-state index < -0.39 is 10.9 Å². The number of benzene rings is 2. The van der Waals surface area contributed by atoms with Crippen molar-refractivity contribution in [1.82, 2.24) is 5.53 Å². The number of nitro groups is 1. The third kappa shape index (κ3) is 4.56. The minimum Gasteiger partial charge on any atom is -0.508 e. The minimum atomic E-state index is -1.27. The van der Waals surface area contributed by atoms with Crippen LogP contribution in [0.15, 0.2) is 47.6 Å². The highest BCUT2D eigenvalue weighted by Gasteiger charge is 2.09. The summed E-state index contributed by atoms with van der Waals surface area (Å²) in [4.78, 5) is 19.9. The van der Waals surface area contributed by atoms with Crippen LogP contribution in [-0.2, 0) is 0 Å². The maximum Gasteiger partial charge on any atom is 0.339 e. The summed E-state index contributed by atoms with van der Waals surface area (Å²) in [5, 5.41) is 39.0. The van der Waals surface area contributed by atoms with Crippen molar-refractivity contribution in [1.29, 1.82) is 0 Å². The highest BCUT2D eigenvalue weighted by molar-refractivity contribution is 5.91. The van der Waals surface area contributed by atoms with E-state index in [2.05, 4.69) is 5.11 Å². The molecule has 0 saturated carbocycles. The van der Waals surface area contributed by atoms with E-state index in [1.165, 1.54) is 30.3 Å². The SMILES string of the molecule is O=[N+]([O-])c1ccc(O)cc1.[N]=Nc1ccc(O)c(C(=O)O)c1. The van der Waals surface area contributed by atoms with E-state index >= 15 is 0 Å². The Kier molecular flexibility index (Phi) is 5.52. The zero-order chi connectivity index (χ0) is 16.7. The molecule has 3 N–H and O–H groups in total. The van der Waals surface area contributed by atoms with Gasteiger partial charge in [-0.15, -0.1) is 5.11 Å². The number of carbonyl (C=O) groups is 1. The molecule has 0 aliphatic carbocycles. The second kappa shape index (κ2) is 7.33. The highest BCUT2D eigenvalue weighted by Crippen LogP contribution is 2.22. The standard InChI is InChI=1S/C7H5N2O3.C6H5NO3/c8-9-4-1-2-6(10)5(3-4)7(11)12;8-6-3-1-5(2-4-6)7(9)10/h1-3,10H,(H,11,12);1-4,8H. The molecule has 0 bridgehead atoms. The third-order valence-corrected chi connectivity index (χ3v) is 2.39. The number of hydrogen-bond acceptors (Lipinski definition) is 6. The van der Waals surface area contributed by atoms with Gasteiger partial charge in [0.05, 0.1) is 10.6 Å². The number of phenols is 2. The van der Waals surface area contributed by atoms with Crippen molar-refractivity contribution in [2.75, 3.05) is 0 Å². The van der Waals surface area contributed by atoms with Gasteiger partial charge >= 0.3 is 5.97 Å². The van der Waals surface area contributed by atoms with Gasteiger partial charge in [-0.05, 0) is 35.9 Å². The molecule has 0 amide bonds. The molecule has 0 fully saturated rings. The second-order valence-electron chi connectivity index (χ2n) is 3.88. The summed E-state index contributed by atoms with van der Waals surface area (Å²) in [6.07, 6.45) is 0. The predicted octanol–water partition coefficient (Wildman–Crippen LogP) is 2.27. The smallest absolute Gasteiger partial charge is 0.339 e. The van der Waals surface area contributed by atoms with Crippen molar-refractivity contribution in [2.45, 2.75) is 0 Å².